The van der Waals surface area contributed by atoms with E-state index in [1.54, 1.807) is 0 Å². The number of halogens is 1. The Morgan fingerprint density at radius 3 is 2.30 bits per heavy atom. The number of hydrogen-bond acceptors (Lipinski definition) is 4. The molecule has 5 nitrogen and oxygen atoms in total. The fourth-order valence-electron chi connectivity index (χ4n) is 3.39. The van der Waals surface area contributed by atoms with Gasteiger partial charge in [0.15, 0.2) is 0 Å². The number of likely N-dealkylation sites (tertiary alicyclic amines) is 1. The highest BCUT2D eigenvalue weighted by atomic mass is 32.2. The zero-order chi connectivity index (χ0) is 19.3. The molecule has 146 valence electrons. The van der Waals surface area contributed by atoms with Gasteiger partial charge in [-0.1, -0.05) is 30.3 Å². The summed E-state index contributed by atoms with van der Waals surface area (Å²) in [5, 5.41) is 10.8. The lowest BCUT2D eigenvalue weighted by atomic mass is 9.84. The Morgan fingerprint density at radius 1 is 1.04 bits per heavy atom. The Balaban J connectivity index is 1.42. The molecule has 0 atom stereocenters. The van der Waals surface area contributed by atoms with Crippen molar-refractivity contribution in [3.8, 4) is 0 Å². The number of sulfonamides is 1. The van der Waals surface area contributed by atoms with Gasteiger partial charge in [-0.3, -0.25) is 0 Å². The van der Waals surface area contributed by atoms with E-state index in [2.05, 4.69) is 9.62 Å². The van der Waals surface area contributed by atoms with Gasteiger partial charge in [0.25, 0.3) is 0 Å². The van der Waals surface area contributed by atoms with Crippen molar-refractivity contribution in [3.05, 3.63) is 66.0 Å². The molecule has 0 spiro atoms. The van der Waals surface area contributed by atoms with E-state index in [1.807, 2.05) is 30.3 Å². The van der Waals surface area contributed by atoms with Gasteiger partial charge in [0.05, 0.1) is 10.5 Å². The first-order valence-corrected chi connectivity index (χ1v) is 10.6. The van der Waals surface area contributed by atoms with E-state index < -0.39 is 21.4 Å². The van der Waals surface area contributed by atoms with Gasteiger partial charge in [0.2, 0.25) is 10.0 Å². The largest absolute Gasteiger partial charge is 0.385 e. The molecule has 27 heavy (non-hydrogen) atoms. The smallest absolute Gasteiger partial charge is 0.240 e. The molecule has 1 aliphatic rings. The second-order valence-corrected chi connectivity index (χ2v) is 8.71. The van der Waals surface area contributed by atoms with Gasteiger partial charge in [0.1, 0.15) is 5.82 Å². The van der Waals surface area contributed by atoms with Crippen LogP contribution in [0.2, 0.25) is 0 Å². The summed E-state index contributed by atoms with van der Waals surface area (Å²) in [6.07, 6.45) is 2.00. The maximum Gasteiger partial charge on any atom is 0.240 e. The molecular formula is C20H25FN2O3S. The van der Waals surface area contributed by atoms with E-state index in [0.717, 1.165) is 37.3 Å². The van der Waals surface area contributed by atoms with Gasteiger partial charge in [-0.15, -0.1) is 0 Å². The first kappa shape index (κ1) is 19.9. The summed E-state index contributed by atoms with van der Waals surface area (Å²) < 4.78 is 39.8. The third-order valence-corrected chi connectivity index (χ3v) is 6.54. The zero-order valence-electron chi connectivity index (χ0n) is 15.1. The SMILES string of the molecule is O=S(=O)(NCCCN1CCC(O)(c2ccccc2)CC1)c1ccc(F)cc1. The Kier molecular flexibility index (Phi) is 6.26. The van der Waals surface area contributed by atoms with Crippen LogP contribution < -0.4 is 4.72 Å². The molecule has 1 heterocycles. The van der Waals surface area contributed by atoms with Gasteiger partial charge in [0, 0.05) is 19.6 Å². The number of nitrogens with zero attached hydrogens (tertiary/aromatic N) is 1. The van der Waals surface area contributed by atoms with Crippen molar-refractivity contribution in [2.75, 3.05) is 26.2 Å². The van der Waals surface area contributed by atoms with Crippen molar-refractivity contribution in [1.82, 2.24) is 9.62 Å². The van der Waals surface area contributed by atoms with Crippen LogP contribution in [0.4, 0.5) is 4.39 Å². The van der Waals surface area contributed by atoms with Crippen LogP contribution in [0.1, 0.15) is 24.8 Å². The maximum absolute atomic E-state index is 12.9. The molecule has 0 amide bonds. The summed E-state index contributed by atoms with van der Waals surface area (Å²) in [6, 6.07) is 14.5. The first-order valence-electron chi connectivity index (χ1n) is 9.15. The minimum Gasteiger partial charge on any atom is -0.385 e. The summed E-state index contributed by atoms with van der Waals surface area (Å²) in [7, 11) is -3.61. The van der Waals surface area contributed by atoms with Gasteiger partial charge >= 0.3 is 0 Å². The lowest BCUT2D eigenvalue weighted by Crippen LogP contribution is -2.43. The average Bonchev–Trinajstić information content (AvgIpc) is 2.68. The average molecular weight is 392 g/mol. The molecule has 0 aromatic heterocycles. The standard InChI is InChI=1S/C20H25FN2O3S/c21-18-7-9-19(10-8-18)27(25,26)22-13-4-14-23-15-11-20(24,12-16-23)17-5-2-1-3-6-17/h1-3,5-10,22,24H,4,11-16H2. The van der Waals surface area contributed by atoms with Crippen LogP contribution in [0.3, 0.4) is 0 Å². The molecule has 0 saturated carbocycles. The van der Waals surface area contributed by atoms with E-state index in [9.17, 15) is 17.9 Å². The van der Waals surface area contributed by atoms with Gasteiger partial charge in [-0.2, -0.15) is 0 Å². The second-order valence-electron chi connectivity index (χ2n) is 6.94. The lowest BCUT2D eigenvalue weighted by molar-refractivity contribution is -0.0259. The van der Waals surface area contributed by atoms with E-state index in [1.165, 1.54) is 12.1 Å². The van der Waals surface area contributed by atoms with Crippen LogP contribution in [0.5, 0.6) is 0 Å². The molecule has 3 rings (SSSR count). The molecule has 0 unspecified atom stereocenters. The highest BCUT2D eigenvalue weighted by Crippen LogP contribution is 2.32. The predicted octanol–water partition coefficient (Wildman–Crippen LogP) is 2.48. The molecular weight excluding hydrogens is 367 g/mol. The molecule has 0 bridgehead atoms. The zero-order valence-corrected chi connectivity index (χ0v) is 16.0. The molecule has 0 aliphatic carbocycles. The minimum atomic E-state index is -3.61. The lowest BCUT2D eigenvalue weighted by Gasteiger charge is -2.38. The van der Waals surface area contributed by atoms with Crippen LogP contribution in [0, 0.1) is 5.82 Å². The van der Waals surface area contributed by atoms with E-state index >= 15 is 0 Å². The quantitative estimate of drug-likeness (QED) is 0.711. The predicted molar refractivity (Wildman–Crippen MR) is 102 cm³/mol. The van der Waals surface area contributed by atoms with E-state index in [0.29, 0.717) is 25.8 Å². The number of hydrogen-bond donors (Lipinski definition) is 2. The number of rotatable bonds is 7. The van der Waals surface area contributed by atoms with Crippen molar-refractivity contribution in [2.24, 2.45) is 0 Å². The topological polar surface area (TPSA) is 69.6 Å². The van der Waals surface area contributed by atoms with Crippen molar-refractivity contribution in [2.45, 2.75) is 29.8 Å². The molecule has 2 aromatic carbocycles. The number of nitrogens with one attached hydrogen (secondary N) is 1. The first-order chi connectivity index (χ1) is 12.9. The van der Waals surface area contributed by atoms with Crippen LogP contribution in [0.15, 0.2) is 59.5 Å². The summed E-state index contributed by atoms with van der Waals surface area (Å²) in [5.74, 6) is -0.463. The molecule has 2 N–H and O–H groups in total. The molecule has 1 saturated heterocycles. The van der Waals surface area contributed by atoms with Crippen LogP contribution in [0.25, 0.3) is 0 Å². The number of aliphatic hydroxyl groups is 1. The Hall–Kier alpha value is -1.80. The third-order valence-electron chi connectivity index (χ3n) is 5.06. The van der Waals surface area contributed by atoms with E-state index in [4.69, 9.17) is 0 Å². The second kappa shape index (κ2) is 8.48. The van der Waals surface area contributed by atoms with E-state index in [-0.39, 0.29) is 4.90 Å². The summed E-state index contributed by atoms with van der Waals surface area (Å²) in [4.78, 5) is 2.30. The molecule has 2 aromatic rings. The Labute approximate surface area is 159 Å². The highest BCUT2D eigenvalue weighted by molar-refractivity contribution is 7.89. The molecule has 1 aliphatic heterocycles. The van der Waals surface area contributed by atoms with Crippen molar-refractivity contribution in [1.29, 1.82) is 0 Å². The number of piperidine rings is 1. The molecule has 1 fully saturated rings. The summed E-state index contributed by atoms with van der Waals surface area (Å²) in [6.45, 7) is 2.63. The summed E-state index contributed by atoms with van der Waals surface area (Å²) >= 11 is 0. The van der Waals surface area contributed by atoms with Crippen molar-refractivity contribution in [3.63, 3.8) is 0 Å². The molecule has 0 radical (unpaired) electrons. The normalized spacial score (nSPS) is 17.7. The Bertz CT molecular complexity index is 833. The monoisotopic (exact) mass is 392 g/mol. The maximum atomic E-state index is 12.9. The third kappa shape index (κ3) is 5.13. The minimum absolute atomic E-state index is 0.0646. The fourth-order valence-corrected chi connectivity index (χ4v) is 4.46. The van der Waals surface area contributed by atoms with Crippen LogP contribution in [-0.4, -0.2) is 44.6 Å². The fraction of sp³-hybridized carbons (Fsp3) is 0.400. The highest BCUT2D eigenvalue weighted by Gasteiger charge is 2.33. The van der Waals surface area contributed by atoms with Gasteiger partial charge in [-0.05, 0) is 55.6 Å². The van der Waals surface area contributed by atoms with Crippen LogP contribution >= 0.6 is 0 Å². The molecule has 7 heteroatoms. The van der Waals surface area contributed by atoms with Crippen molar-refractivity contribution >= 4 is 10.0 Å². The van der Waals surface area contributed by atoms with Gasteiger partial charge in [-0.25, -0.2) is 17.5 Å². The number of benzene rings is 2. The van der Waals surface area contributed by atoms with Crippen molar-refractivity contribution < 1.29 is 17.9 Å². The Morgan fingerprint density at radius 2 is 1.67 bits per heavy atom. The van der Waals surface area contributed by atoms with Gasteiger partial charge < -0.3 is 10.0 Å². The summed E-state index contributed by atoms with van der Waals surface area (Å²) in [5.41, 5.74) is 0.179. The van der Waals surface area contributed by atoms with Crippen LogP contribution in [-0.2, 0) is 15.6 Å².